The minimum absolute atomic E-state index is 0.0156. The first-order valence-corrected chi connectivity index (χ1v) is 8.32. The molecule has 0 spiro atoms. The van der Waals surface area contributed by atoms with Crippen molar-refractivity contribution in [3.05, 3.63) is 0 Å². The van der Waals surface area contributed by atoms with Gasteiger partial charge in [-0.05, 0) is 33.6 Å². The van der Waals surface area contributed by atoms with E-state index in [-0.39, 0.29) is 17.5 Å². The predicted molar refractivity (Wildman–Crippen MR) is 89.3 cm³/mol. The molecule has 120 valence electrons. The van der Waals surface area contributed by atoms with Crippen LogP contribution in [0.1, 0.15) is 33.6 Å². The molecular formula is C15H28N4OS. The van der Waals surface area contributed by atoms with Crippen LogP contribution in [0.5, 0.6) is 0 Å². The fourth-order valence-electron chi connectivity index (χ4n) is 3.18. The number of hydrogen-bond donors (Lipinski definition) is 1. The molecule has 5 nitrogen and oxygen atoms in total. The number of thiocarbonyl (C=S) groups is 1. The van der Waals surface area contributed by atoms with Crippen LogP contribution in [0.3, 0.4) is 0 Å². The minimum atomic E-state index is -0.246. The second kappa shape index (κ2) is 6.58. The van der Waals surface area contributed by atoms with Crippen molar-refractivity contribution in [2.75, 3.05) is 39.3 Å². The number of hydrogen-bond acceptors (Lipinski definition) is 4. The summed E-state index contributed by atoms with van der Waals surface area (Å²) in [5, 5.41) is 0. The summed E-state index contributed by atoms with van der Waals surface area (Å²) in [5.41, 5.74) is 5.60. The van der Waals surface area contributed by atoms with Crippen molar-refractivity contribution in [2.45, 2.75) is 45.2 Å². The number of nitrogens with two attached hydrogens (primary N) is 1. The molecule has 0 aromatic heterocycles. The van der Waals surface area contributed by atoms with Crippen LogP contribution in [0.15, 0.2) is 0 Å². The molecule has 2 N–H and O–H groups in total. The molecule has 6 heteroatoms. The average molecular weight is 312 g/mol. The molecule has 1 amide bonds. The maximum Gasteiger partial charge on any atom is 0.239 e. The van der Waals surface area contributed by atoms with Gasteiger partial charge in [-0.2, -0.15) is 0 Å². The van der Waals surface area contributed by atoms with Crippen LogP contribution < -0.4 is 5.73 Å². The van der Waals surface area contributed by atoms with Crippen molar-refractivity contribution in [3.63, 3.8) is 0 Å². The van der Waals surface area contributed by atoms with Crippen molar-refractivity contribution >= 4 is 23.1 Å². The monoisotopic (exact) mass is 312 g/mol. The standard InChI is InChI=1S/C15H28N4OS/c1-12(13(20)18-6-4-5-7-18)17-8-10-19(11-9-17)15(2,3)14(16)21/h12H,4-11H2,1-3H3,(H2,16,21). The molecule has 2 rings (SSSR count). The number of carbonyl (C=O) groups is 1. The highest BCUT2D eigenvalue weighted by Crippen LogP contribution is 2.19. The first kappa shape index (κ1) is 16.6. The normalized spacial score (nSPS) is 23.3. The van der Waals surface area contributed by atoms with Gasteiger partial charge in [-0.15, -0.1) is 0 Å². The van der Waals surface area contributed by atoms with Crippen molar-refractivity contribution in [1.29, 1.82) is 0 Å². The second-order valence-corrected chi connectivity index (χ2v) is 7.09. The number of amides is 1. The van der Waals surface area contributed by atoms with Crippen molar-refractivity contribution in [2.24, 2.45) is 5.73 Å². The number of nitrogens with zero attached hydrogens (tertiary/aromatic N) is 3. The van der Waals surface area contributed by atoms with E-state index < -0.39 is 0 Å². The lowest BCUT2D eigenvalue weighted by Gasteiger charge is -2.45. The molecule has 0 aromatic rings. The highest BCUT2D eigenvalue weighted by Gasteiger charge is 2.35. The van der Waals surface area contributed by atoms with Gasteiger partial charge in [0.25, 0.3) is 0 Å². The van der Waals surface area contributed by atoms with Gasteiger partial charge < -0.3 is 10.6 Å². The highest BCUT2D eigenvalue weighted by molar-refractivity contribution is 7.80. The third kappa shape index (κ3) is 3.55. The predicted octanol–water partition coefficient (Wildman–Crippen LogP) is 0.680. The Morgan fingerprint density at radius 3 is 2.10 bits per heavy atom. The van der Waals surface area contributed by atoms with Crippen molar-refractivity contribution in [1.82, 2.24) is 14.7 Å². The van der Waals surface area contributed by atoms with Gasteiger partial charge in [0.15, 0.2) is 0 Å². The molecule has 2 aliphatic rings. The SMILES string of the molecule is CC(C(=O)N1CCCC1)N1CCN(C(C)(C)C(N)=S)CC1. The van der Waals surface area contributed by atoms with Crippen LogP contribution in [0.2, 0.25) is 0 Å². The topological polar surface area (TPSA) is 52.8 Å². The van der Waals surface area contributed by atoms with E-state index in [1.165, 1.54) is 0 Å². The summed E-state index contributed by atoms with van der Waals surface area (Å²) in [6.07, 6.45) is 2.29. The molecule has 0 saturated carbocycles. The first-order valence-electron chi connectivity index (χ1n) is 7.92. The maximum absolute atomic E-state index is 12.5. The Morgan fingerprint density at radius 1 is 1.10 bits per heavy atom. The Morgan fingerprint density at radius 2 is 1.62 bits per heavy atom. The summed E-state index contributed by atoms with van der Waals surface area (Å²) in [7, 11) is 0. The quantitative estimate of drug-likeness (QED) is 0.774. The lowest BCUT2D eigenvalue weighted by Crippen LogP contribution is -2.61. The first-order chi connectivity index (χ1) is 9.84. The zero-order valence-corrected chi connectivity index (χ0v) is 14.3. The van der Waals surface area contributed by atoms with Crippen LogP contribution in [0.25, 0.3) is 0 Å². The van der Waals surface area contributed by atoms with Crippen LogP contribution in [-0.2, 0) is 4.79 Å². The summed E-state index contributed by atoms with van der Waals surface area (Å²) in [4.78, 5) is 19.6. The van der Waals surface area contributed by atoms with Gasteiger partial charge in [0.1, 0.15) is 0 Å². The van der Waals surface area contributed by atoms with E-state index in [1.54, 1.807) is 0 Å². The smallest absolute Gasteiger partial charge is 0.239 e. The number of carbonyl (C=O) groups excluding carboxylic acids is 1. The van der Waals surface area contributed by atoms with Crippen molar-refractivity contribution < 1.29 is 4.79 Å². The third-order valence-electron chi connectivity index (χ3n) is 5.03. The molecule has 2 saturated heterocycles. The molecule has 2 aliphatic heterocycles. The van der Waals surface area contributed by atoms with Crippen LogP contribution in [0.4, 0.5) is 0 Å². The molecule has 2 fully saturated rings. The van der Waals surface area contributed by atoms with Gasteiger partial charge in [0.05, 0.1) is 16.6 Å². The Labute approximate surface area is 133 Å². The Kier molecular flexibility index (Phi) is 5.22. The van der Waals surface area contributed by atoms with Gasteiger partial charge in [-0.3, -0.25) is 14.6 Å². The lowest BCUT2D eigenvalue weighted by atomic mass is 10.0. The number of piperazine rings is 1. The van der Waals surface area contributed by atoms with E-state index >= 15 is 0 Å². The van der Waals surface area contributed by atoms with Gasteiger partial charge >= 0.3 is 0 Å². The van der Waals surface area contributed by atoms with Crippen LogP contribution in [-0.4, -0.2) is 76.4 Å². The molecule has 1 atom stereocenters. The van der Waals surface area contributed by atoms with Crippen LogP contribution in [0, 0.1) is 0 Å². The maximum atomic E-state index is 12.5. The molecule has 1 unspecified atom stereocenters. The lowest BCUT2D eigenvalue weighted by molar-refractivity contribution is -0.136. The Bertz CT molecular complexity index is 398. The molecule has 0 radical (unpaired) electrons. The van der Waals surface area contributed by atoms with Crippen molar-refractivity contribution in [3.8, 4) is 0 Å². The third-order valence-corrected chi connectivity index (χ3v) is 5.53. The van der Waals surface area contributed by atoms with Gasteiger partial charge in [0.2, 0.25) is 5.91 Å². The molecular weight excluding hydrogens is 284 g/mol. The molecule has 0 bridgehead atoms. The zero-order chi connectivity index (χ0) is 15.6. The highest BCUT2D eigenvalue weighted by atomic mass is 32.1. The molecule has 21 heavy (non-hydrogen) atoms. The van der Waals surface area contributed by atoms with E-state index in [0.29, 0.717) is 4.99 Å². The summed E-state index contributed by atoms with van der Waals surface area (Å²) in [6, 6.07) is -0.0156. The average Bonchev–Trinajstić information content (AvgIpc) is 3.00. The van der Waals surface area contributed by atoms with E-state index in [1.807, 2.05) is 11.8 Å². The van der Waals surface area contributed by atoms with Crippen LogP contribution >= 0.6 is 12.2 Å². The molecule has 0 aliphatic carbocycles. The second-order valence-electron chi connectivity index (χ2n) is 6.65. The number of likely N-dealkylation sites (tertiary alicyclic amines) is 1. The molecule has 0 aromatic carbocycles. The molecule has 2 heterocycles. The van der Waals surface area contributed by atoms with E-state index in [9.17, 15) is 4.79 Å². The van der Waals surface area contributed by atoms with Gasteiger partial charge in [0, 0.05) is 39.3 Å². The minimum Gasteiger partial charge on any atom is -0.392 e. The van der Waals surface area contributed by atoms with E-state index in [4.69, 9.17) is 18.0 Å². The van der Waals surface area contributed by atoms with E-state index in [2.05, 4.69) is 23.6 Å². The Balaban J connectivity index is 1.88. The number of rotatable bonds is 4. The van der Waals surface area contributed by atoms with Gasteiger partial charge in [-0.25, -0.2) is 0 Å². The summed E-state index contributed by atoms with van der Waals surface area (Å²) in [6.45, 7) is 11.6. The summed E-state index contributed by atoms with van der Waals surface area (Å²) < 4.78 is 0. The van der Waals surface area contributed by atoms with Gasteiger partial charge in [-0.1, -0.05) is 12.2 Å². The summed E-state index contributed by atoms with van der Waals surface area (Å²) >= 11 is 5.17. The fourth-order valence-corrected chi connectivity index (χ4v) is 3.31. The fraction of sp³-hybridized carbons (Fsp3) is 0.867. The summed E-state index contributed by atoms with van der Waals surface area (Å²) in [5.74, 6) is 0.287. The zero-order valence-electron chi connectivity index (χ0n) is 13.5. The Hall–Kier alpha value is -0.720. The van der Waals surface area contributed by atoms with E-state index in [0.717, 1.165) is 52.1 Å². The largest absolute Gasteiger partial charge is 0.392 e.